The van der Waals surface area contributed by atoms with Crippen molar-refractivity contribution in [1.29, 1.82) is 0 Å². The van der Waals surface area contributed by atoms with Crippen LogP contribution in [0.15, 0.2) is 24.3 Å². The number of nitrogens with zero attached hydrogens (tertiary/aromatic N) is 3. The van der Waals surface area contributed by atoms with E-state index in [0.29, 0.717) is 5.69 Å². The Hall–Kier alpha value is -2.44. The molecule has 1 aromatic heterocycles. The third kappa shape index (κ3) is 1.94. The molecule has 17 heavy (non-hydrogen) atoms. The van der Waals surface area contributed by atoms with Gasteiger partial charge in [-0.15, -0.1) is 0 Å². The molecule has 2 N–H and O–H groups in total. The van der Waals surface area contributed by atoms with Crippen molar-refractivity contribution in [2.45, 2.75) is 6.92 Å². The summed E-state index contributed by atoms with van der Waals surface area (Å²) >= 11 is 0. The van der Waals surface area contributed by atoms with Crippen LogP contribution in [0.3, 0.4) is 0 Å². The quantitative estimate of drug-likeness (QED) is 0.636. The summed E-state index contributed by atoms with van der Waals surface area (Å²) < 4.78 is 15.0. The lowest BCUT2D eigenvalue weighted by Crippen LogP contribution is -2.03. The fourth-order valence-electron chi connectivity index (χ4n) is 1.52. The molecule has 0 unspecified atom stereocenters. The van der Waals surface area contributed by atoms with Crippen LogP contribution in [-0.2, 0) is 0 Å². The summed E-state index contributed by atoms with van der Waals surface area (Å²) in [6.07, 6.45) is 0. The molecule has 0 atom stereocenters. The Morgan fingerprint density at radius 2 is 2.18 bits per heavy atom. The largest absolute Gasteiger partial charge is 0.382 e. The SMILES string of the molecule is Cc1cc(N)nn1-c1ccc([N+](=O)[O-])cc1F. The van der Waals surface area contributed by atoms with Gasteiger partial charge >= 0.3 is 0 Å². The Kier molecular flexibility index (Phi) is 2.51. The van der Waals surface area contributed by atoms with Gasteiger partial charge in [0.05, 0.1) is 11.0 Å². The minimum atomic E-state index is -0.717. The van der Waals surface area contributed by atoms with Gasteiger partial charge in [0.15, 0.2) is 5.82 Å². The van der Waals surface area contributed by atoms with Crippen LogP contribution in [-0.4, -0.2) is 14.7 Å². The van der Waals surface area contributed by atoms with E-state index in [1.165, 1.54) is 16.8 Å². The Labute approximate surface area is 95.6 Å². The van der Waals surface area contributed by atoms with Crippen molar-refractivity contribution in [1.82, 2.24) is 9.78 Å². The van der Waals surface area contributed by atoms with E-state index in [1.807, 2.05) is 0 Å². The summed E-state index contributed by atoms with van der Waals surface area (Å²) in [5.74, 6) is -0.453. The van der Waals surface area contributed by atoms with Crippen molar-refractivity contribution >= 4 is 11.5 Å². The first-order valence-corrected chi connectivity index (χ1v) is 4.75. The zero-order valence-corrected chi connectivity index (χ0v) is 8.92. The number of nitrogen functional groups attached to an aromatic ring is 1. The van der Waals surface area contributed by atoms with Gasteiger partial charge in [-0.2, -0.15) is 5.10 Å². The highest BCUT2D eigenvalue weighted by Gasteiger charge is 2.14. The second-order valence-electron chi connectivity index (χ2n) is 3.52. The van der Waals surface area contributed by atoms with E-state index in [4.69, 9.17) is 5.73 Å². The molecule has 1 heterocycles. The number of rotatable bonds is 2. The number of nitro groups is 1. The van der Waals surface area contributed by atoms with E-state index in [9.17, 15) is 14.5 Å². The van der Waals surface area contributed by atoms with Crippen molar-refractivity contribution < 1.29 is 9.31 Å². The predicted octanol–water partition coefficient (Wildman–Crippen LogP) is 1.81. The number of benzene rings is 1. The molecule has 2 aromatic rings. The molecule has 7 heteroatoms. The van der Waals surface area contributed by atoms with Gasteiger partial charge in [-0.25, -0.2) is 9.07 Å². The number of hydrogen-bond donors (Lipinski definition) is 1. The highest BCUT2D eigenvalue weighted by Crippen LogP contribution is 2.21. The van der Waals surface area contributed by atoms with Crippen LogP contribution in [0.2, 0.25) is 0 Å². The van der Waals surface area contributed by atoms with Crippen LogP contribution in [0, 0.1) is 22.9 Å². The van der Waals surface area contributed by atoms with Gasteiger partial charge in [-0.05, 0) is 13.0 Å². The number of halogens is 1. The minimum Gasteiger partial charge on any atom is -0.382 e. The highest BCUT2D eigenvalue weighted by atomic mass is 19.1. The zero-order chi connectivity index (χ0) is 12.6. The number of non-ortho nitro benzene ring substituents is 1. The Bertz CT molecular complexity index is 594. The molecule has 0 aliphatic carbocycles. The molecule has 1 aromatic carbocycles. The van der Waals surface area contributed by atoms with Crippen molar-refractivity contribution in [2.75, 3.05) is 5.73 Å². The van der Waals surface area contributed by atoms with E-state index in [-0.39, 0.29) is 17.2 Å². The van der Waals surface area contributed by atoms with Crippen molar-refractivity contribution in [2.24, 2.45) is 0 Å². The number of aromatic nitrogens is 2. The highest BCUT2D eigenvalue weighted by molar-refractivity contribution is 5.44. The number of nitrogens with two attached hydrogens (primary N) is 1. The van der Waals surface area contributed by atoms with Gasteiger partial charge in [0.25, 0.3) is 5.69 Å². The number of aryl methyl sites for hydroxylation is 1. The lowest BCUT2D eigenvalue weighted by atomic mass is 10.2. The normalized spacial score (nSPS) is 10.5. The second kappa shape index (κ2) is 3.85. The summed E-state index contributed by atoms with van der Waals surface area (Å²) in [7, 11) is 0. The third-order valence-corrected chi connectivity index (χ3v) is 2.28. The second-order valence-corrected chi connectivity index (χ2v) is 3.52. The Morgan fingerprint density at radius 1 is 1.47 bits per heavy atom. The average molecular weight is 236 g/mol. The first-order chi connectivity index (χ1) is 7.99. The van der Waals surface area contributed by atoms with Gasteiger partial charge < -0.3 is 5.73 Å². The van der Waals surface area contributed by atoms with Gasteiger partial charge in [-0.3, -0.25) is 10.1 Å². The van der Waals surface area contributed by atoms with E-state index in [1.54, 1.807) is 13.0 Å². The first-order valence-electron chi connectivity index (χ1n) is 4.75. The van der Waals surface area contributed by atoms with Gasteiger partial charge in [0, 0.05) is 17.8 Å². The van der Waals surface area contributed by atoms with Crippen molar-refractivity contribution in [3.63, 3.8) is 0 Å². The van der Waals surface area contributed by atoms with Crippen LogP contribution >= 0.6 is 0 Å². The molecule has 88 valence electrons. The van der Waals surface area contributed by atoms with Gasteiger partial charge in [0.2, 0.25) is 0 Å². The van der Waals surface area contributed by atoms with E-state index in [0.717, 1.165) is 6.07 Å². The van der Waals surface area contributed by atoms with E-state index in [2.05, 4.69) is 5.10 Å². The third-order valence-electron chi connectivity index (χ3n) is 2.28. The Morgan fingerprint density at radius 3 is 2.65 bits per heavy atom. The number of anilines is 1. The maximum Gasteiger partial charge on any atom is 0.272 e. The van der Waals surface area contributed by atoms with Crippen LogP contribution < -0.4 is 5.73 Å². The smallest absolute Gasteiger partial charge is 0.272 e. The lowest BCUT2D eigenvalue weighted by molar-refractivity contribution is -0.385. The molecule has 2 rings (SSSR count). The van der Waals surface area contributed by atoms with Crippen molar-refractivity contribution in [3.05, 3.63) is 45.9 Å². The monoisotopic (exact) mass is 236 g/mol. The number of hydrogen-bond acceptors (Lipinski definition) is 4. The topological polar surface area (TPSA) is 87.0 Å². The average Bonchev–Trinajstić information content (AvgIpc) is 2.57. The molecule has 0 saturated heterocycles. The molecule has 0 saturated carbocycles. The molecule has 0 aliphatic rings. The molecule has 0 aliphatic heterocycles. The Balaban J connectivity index is 2.54. The molecular formula is C10H9FN4O2. The standard InChI is InChI=1S/C10H9FN4O2/c1-6-4-10(12)13-14(6)9-3-2-7(15(16)17)5-8(9)11/h2-5H,1H3,(H2,12,13). The van der Waals surface area contributed by atoms with Crippen LogP contribution in [0.5, 0.6) is 0 Å². The fourth-order valence-corrected chi connectivity index (χ4v) is 1.52. The molecule has 0 radical (unpaired) electrons. The summed E-state index contributed by atoms with van der Waals surface area (Å²) in [6.45, 7) is 1.71. The molecule has 0 spiro atoms. The summed E-state index contributed by atoms with van der Waals surface area (Å²) in [6, 6.07) is 4.95. The maximum absolute atomic E-state index is 13.7. The van der Waals surface area contributed by atoms with Crippen molar-refractivity contribution in [3.8, 4) is 5.69 Å². The van der Waals surface area contributed by atoms with Crippen LogP contribution in [0.1, 0.15) is 5.69 Å². The van der Waals surface area contributed by atoms with E-state index < -0.39 is 10.7 Å². The maximum atomic E-state index is 13.7. The first kappa shape index (κ1) is 11.1. The molecule has 6 nitrogen and oxygen atoms in total. The number of nitro benzene ring substituents is 1. The molecule has 0 fully saturated rings. The summed E-state index contributed by atoms with van der Waals surface area (Å²) in [5, 5.41) is 14.4. The minimum absolute atomic E-state index is 0.129. The molecule has 0 amide bonds. The fraction of sp³-hybridized carbons (Fsp3) is 0.100. The summed E-state index contributed by atoms with van der Waals surface area (Å²) in [4.78, 5) is 9.81. The van der Waals surface area contributed by atoms with Crippen LogP contribution in [0.4, 0.5) is 15.9 Å². The molecule has 0 bridgehead atoms. The predicted molar refractivity (Wildman–Crippen MR) is 59.3 cm³/mol. The zero-order valence-electron chi connectivity index (χ0n) is 8.92. The van der Waals surface area contributed by atoms with Gasteiger partial charge in [0.1, 0.15) is 11.5 Å². The van der Waals surface area contributed by atoms with Crippen LogP contribution in [0.25, 0.3) is 5.69 Å². The molecular weight excluding hydrogens is 227 g/mol. The van der Waals surface area contributed by atoms with E-state index >= 15 is 0 Å². The summed E-state index contributed by atoms with van der Waals surface area (Å²) in [5.41, 5.74) is 5.96. The lowest BCUT2D eigenvalue weighted by Gasteiger charge is -2.04. The van der Waals surface area contributed by atoms with Gasteiger partial charge in [-0.1, -0.05) is 0 Å².